The Kier molecular flexibility index (Phi) is 8.02. The Bertz CT molecular complexity index is 1650. The highest BCUT2D eigenvalue weighted by molar-refractivity contribution is 7.92. The highest BCUT2D eigenvalue weighted by Crippen LogP contribution is 2.58. The monoisotopic (exact) mass is 660 g/mol. The average Bonchev–Trinajstić information content (AvgIpc) is 3.48. The van der Waals surface area contributed by atoms with Crippen molar-refractivity contribution in [3.63, 3.8) is 0 Å². The number of nitrogens with one attached hydrogen (secondary N) is 1. The van der Waals surface area contributed by atoms with Gasteiger partial charge in [-0.15, -0.1) is 0 Å². The number of hydrogen-bond donors (Lipinski definition) is 2. The molecule has 0 spiro atoms. The maximum atomic E-state index is 13.5. The Morgan fingerprint density at radius 3 is 2.15 bits per heavy atom. The lowest BCUT2D eigenvalue weighted by atomic mass is 9.53. The van der Waals surface area contributed by atoms with Crippen molar-refractivity contribution in [3.8, 4) is 11.1 Å². The molecule has 12 heteroatoms. The molecule has 250 valence electrons. The topological polar surface area (TPSA) is 109 Å². The number of alkyl halides is 3. The third-order valence-corrected chi connectivity index (χ3v) is 11.1. The van der Waals surface area contributed by atoms with Crippen molar-refractivity contribution in [3.05, 3.63) is 60.2 Å². The van der Waals surface area contributed by atoms with Crippen LogP contribution in [-0.4, -0.2) is 54.8 Å². The van der Waals surface area contributed by atoms with E-state index in [1.165, 1.54) is 0 Å². The van der Waals surface area contributed by atoms with Crippen LogP contribution >= 0.6 is 0 Å². The lowest BCUT2D eigenvalue weighted by Crippen LogP contribution is -2.58. The predicted octanol–water partition coefficient (Wildman–Crippen LogP) is 7.21. The van der Waals surface area contributed by atoms with Crippen LogP contribution in [0.15, 0.2) is 53.1 Å². The lowest BCUT2D eigenvalue weighted by molar-refractivity contribution is -0.298. The number of rotatable bonds is 9. The summed E-state index contributed by atoms with van der Waals surface area (Å²) in [7, 11) is -3.40. The number of aromatic nitrogens is 2. The summed E-state index contributed by atoms with van der Waals surface area (Å²) in [6.45, 7) is 7.31. The van der Waals surface area contributed by atoms with E-state index in [1.807, 2.05) is 36.4 Å². The molecule has 4 aliphatic carbocycles. The molecule has 3 aromatic rings. The number of fused-ring (bicyclic) bond motifs is 3. The second-order valence-corrected chi connectivity index (χ2v) is 16.9. The smallest absolute Gasteiger partial charge is 0.380 e. The zero-order chi connectivity index (χ0) is 33.2. The predicted molar refractivity (Wildman–Crippen MR) is 171 cm³/mol. The van der Waals surface area contributed by atoms with Gasteiger partial charge in [-0.3, -0.25) is 4.72 Å². The van der Waals surface area contributed by atoms with Gasteiger partial charge in [0.05, 0.1) is 6.26 Å². The van der Waals surface area contributed by atoms with Crippen LogP contribution in [0.5, 0.6) is 0 Å². The van der Waals surface area contributed by atoms with Crippen LogP contribution in [-0.2, 0) is 20.9 Å². The number of aliphatic hydroxyl groups is 1. The van der Waals surface area contributed by atoms with Crippen LogP contribution in [0.25, 0.3) is 11.1 Å². The van der Waals surface area contributed by atoms with Crippen molar-refractivity contribution in [1.82, 2.24) is 10.1 Å². The van der Waals surface area contributed by atoms with Gasteiger partial charge in [0.2, 0.25) is 15.9 Å². The molecule has 0 amide bonds. The van der Waals surface area contributed by atoms with E-state index >= 15 is 0 Å². The van der Waals surface area contributed by atoms with Crippen molar-refractivity contribution in [2.45, 2.75) is 94.7 Å². The van der Waals surface area contributed by atoms with Crippen LogP contribution in [0, 0.1) is 11.3 Å². The standard InChI is InChI=1S/C34H43F3N4O4S/c1-30(2,3)29-38-28(39-45-29)32-15-12-31(13-16-32,14-17-32)22-41(21-23-19-33(42,20-23)34(35,36)37)27-7-5-6-25(18-27)24-8-10-26(11-9-24)40-46(4,43)44/h5-11,18,23,40,42H,12-17,19-22H2,1-4H3. The molecule has 0 unspecified atom stereocenters. The fraction of sp³-hybridized carbons (Fsp3) is 0.588. The number of nitrogens with zero attached hydrogens (tertiary/aromatic N) is 3. The first-order chi connectivity index (χ1) is 21.4. The van der Waals surface area contributed by atoms with Gasteiger partial charge < -0.3 is 14.5 Å². The Balaban J connectivity index is 1.23. The first kappa shape index (κ1) is 32.8. The third-order valence-electron chi connectivity index (χ3n) is 10.5. The molecule has 7 rings (SSSR count). The third kappa shape index (κ3) is 6.52. The highest BCUT2D eigenvalue weighted by atomic mass is 32.2. The van der Waals surface area contributed by atoms with Crippen molar-refractivity contribution in [1.29, 1.82) is 0 Å². The summed E-state index contributed by atoms with van der Waals surface area (Å²) in [5.41, 5.74) is 0.269. The summed E-state index contributed by atoms with van der Waals surface area (Å²) >= 11 is 0. The molecule has 0 aliphatic heterocycles. The molecule has 4 fully saturated rings. The van der Waals surface area contributed by atoms with E-state index in [0.717, 1.165) is 67.4 Å². The van der Waals surface area contributed by atoms with Crippen LogP contribution < -0.4 is 9.62 Å². The second kappa shape index (κ2) is 11.2. The maximum Gasteiger partial charge on any atom is 0.417 e. The summed E-state index contributed by atoms with van der Waals surface area (Å²) in [5.74, 6) is 1.16. The fourth-order valence-electron chi connectivity index (χ4n) is 7.64. The lowest BCUT2D eigenvalue weighted by Gasteiger charge is -2.54. The van der Waals surface area contributed by atoms with Crippen LogP contribution in [0.4, 0.5) is 24.5 Å². The van der Waals surface area contributed by atoms with Gasteiger partial charge in [-0.05, 0) is 98.1 Å². The van der Waals surface area contributed by atoms with E-state index in [0.29, 0.717) is 24.7 Å². The second-order valence-electron chi connectivity index (χ2n) is 15.1. The van der Waals surface area contributed by atoms with Crippen LogP contribution in [0.1, 0.15) is 83.9 Å². The number of hydrogen-bond acceptors (Lipinski definition) is 7. The summed E-state index contributed by atoms with van der Waals surface area (Å²) in [6.07, 6.45) is 1.58. The van der Waals surface area contributed by atoms with Gasteiger partial charge in [0.25, 0.3) is 0 Å². The molecule has 0 saturated heterocycles. The van der Waals surface area contributed by atoms with Crippen molar-refractivity contribution in [2.75, 3.05) is 29.0 Å². The summed E-state index contributed by atoms with van der Waals surface area (Å²) < 4.78 is 71.9. The molecule has 0 atom stereocenters. The SMILES string of the molecule is CC(C)(C)c1nc(C23CCC(CN(CC4CC(O)(C(F)(F)F)C4)c4cccc(-c5ccc(NS(C)(=O)=O)cc5)c4)(CC2)CC3)no1. The summed E-state index contributed by atoms with van der Waals surface area (Å²) in [4.78, 5) is 7.05. The molecule has 1 heterocycles. The van der Waals surface area contributed by atoms with Gasteiger partial charge in [0.15, 0.2) is 11.4 Å². The first-order valence-corrected chi connectivity index (χ1v) is 17.8. The Morgan fingerprint density at radius 2 is 1.61 bits per heavy atom. The van der Waals surface area contributed by atoms with E-state index < -0.39 is 21.8 Å². The average molecular weight is 661 g/mol. The normalized spacial score (nSPS) is 28.1. The van der Waals surface area contributed by atoms with E-state index in [2.05, 4.69) is 35.5 Å². The number of benzene rings is 2. The Labute approximate surface area is 268 Å². The molecule has 8 nitrogen and oxygen atoms in total. The van der Waals surface area contributed by atoms with Gasteiger partial charge >= 0.3 is 6.18 Å². The molecule has 4 aliphatic rings. The first-order valence-electron chi connectivity index (χ1n) is 15.9. The number of anilines is 2. The quantitative estimate of drug-likeness (QED) is 0.250. The number of halogens is 3. The molecular formula is C34H43F3N4O4S. The summed E-state index contributed by atoms with van der Waals surface area (Å²) in [5, 5.41) is 14.6. The highest BCUT2D eigenvalue weighted by Gasteiger charge is 2.61. The van der Waals surface area contributed by atoms with Gasteiger partial charge in [-0.25, -0.2) is 8.42 Å². The molecule has 4 saturated carbocycles. The van der Waals surface area contributed by atoms with E-state index in [4.69, 9.17) is 9.51 Å². The molecule has 46 heavy (non-hydrogen) atoms. The van der Waals surface area contributed by atoms with Gasteiger partial charge in [0, 0.05) is 35.3 Å². The molecule has 1 aromatic heterocycles. The van der Waals surface area contributed by atoms with Crippen LogP contribution in [0.3, 0.4) is 0 Å². The molecule has 2 aromatic carbocycles. The zero-order valence-electron chi connectivity index (χ0n) is 26.8. The minimum Gasteiger partial charge on any atom is -0.380 e. The minimum atomic E-state index is -4.64. The number of sulfonamides is 1. The Hall–Kier alpha value is -3.12. The molecular weight excluding hydrogens is 617 g/mol. The van der Waals surface area contributed by atoms with E-state index in [1.54, 1.807) is 12.1 Å². The maximum absolute atomic E-state index is 13.5. The van der Waals surface area contributed by atoms with Crippen molar-refractivity contribution in [2.24, 2.45) is 11.3 Å². The zero-order valence-corrected chi connectivity index (χ0v) is 27.6. The van der Waals surface area contributed by atoms with E-state index in [-0.39, 0.29) is 35.0 Å². The Morgan fingerprint density at radius 1 is 0.978 bits per heavy atom. The van der Waals surface area contributed by atoms with Gasteiger partial charge in [0.1, 0.15) is 0 Å². The minimum absolute atomic E-state index is 0.0113. The molecule has 2 bridgehead atoms. The fourth-order valence-corrected chi connectivity index (χ4v) is 8.20. The van der Waals surface area contributed by atoms with Crippen LogP contribution in [0.2, 0.25) is 0 Å². The van der Waals surface area contributed by atoms with Crippen molar-refractivity contribution >= 4 is 21.4 Å². The largest absolute Gasteiger partial charge is 0.417 e. The van der Waals surface area contributed by atoms with E-state index in [9.17, 15) is 26.7 Å². The molecule has 0 radical (unpaired) electrons. The molecule has 2 N–H and O–H groups in total. The summed E-state index contributed by atoms with van der Waals surface area (Å²) in [6, 6.07) is 15.1. The van der Waals surface area contributed by atoms with Gasteiger partial charge in [-0.1, -0.05) is 50.2 Å². The van der Waals surface area contributed by atoms with Gasteiger partial charge in [-0.2, -0.15) is 18.2 Å². The van der Waals surface area contributed by atoms with Crippen molar-refractivity contribution < 1.29 is 31.2 Å².